The van der Waals surface area contributed by atoms with E-state index in [4.69, 9.17) is 33.2 Å². The number of morpholine rings is 1. The molecule has 0 bridgehead atoms. The third kappa shape index (κ3) is 5.95. The summed E-state index contributed by atoms with van der Waals surface area (Å²) in [4.78, 5) is 14.5. The standard InChI is InChI=1S/C21H21Cl2N3O2/c22-19-5-4-17(9-20(19)23)13-26-6-7-28-18(14-26)12-25-21(27)10-15-2-1-3-16(8-15)11-24/h1-5,8-9,18H,6-7,10,12-14H2,(H,25,27). The molecule has 1 saturated heterocycles. The van der Waals surface area contributed by atoms with Gasteiger partial charge in [0, 0.05) is 26.2 Å². The number of benzene rings is 2. The first-order valence-electron chi connectivity index (χ1n) is 9.07. The predicted molar refractivity (Wildman–Crippen MR) is 109 cm³/mol. The zero-order valence-electron chi connectivity index (χ0n) is 15.3. The number of hydrogen-bond donors (Lipinski definition) is 1. The van der Waals surface area contributed by atoms with Crippen LogP contribution in [0.3, 0.4) is 0 Å². The van der Waals surface area contributed by atoms with Gasteiger partial charge in [-0.2, -0.15) is 5.26 Å². The minimum atomic E-state index is -0.0831. The van der Waals surface area contributed by atoms with E-state index in [-0.39, 0.29) is 18.4 Å². The minimum absolute atomic E-state index is 0.0640. The van der Waals surface area contributed by atoms with Crippen molar-refractivity contribution in [1.29, 1.82) is 5.26 Å². The number of nitrogens with zero attached hydrogens (tertiary/aromatic N) is 2. The van der Waals surface area contributed by atoms with Crippen LogP contribution < -0.4 is 5.32 Å². The van der Waals surface area contributed by atoms with Crippen molar-refractivity contribution in [3.63, 3.8) is 0 Å². The van der Waals surface area contributed by atoms with Crippen LogP contribution in [-0.4, -0.2) is 43.2 Å². The molecule has 7 heteroatoms. The minimum Gasteiger partial charge on any atom is -0.374 e. The maximum absolute atomic E-state index is 12.2. The Bertz CT molecular complexity index is 882. The number of amides is 1. The Hall–Kier alpha value is -2.10. The van der Waals surface area contributed by atoms with Crippen molar-refractivity contribution in [2.75, 3.05) is 26.2 Å². The highest BCUT2D eigenvalue weighted by molar-refractivity contribution is 6.42. The van der Waals surface area contributed by atoms with Crippen molar-refractivity contribution in [3.05, 3.63) is 69.2 Å². The maximum Gasteiger partial charge on any atom is 0.224 e. The third-order valence-electron chi connectivity index (χ3n) is 4.56. The summed E-state index contributed by atoms with van der Waals surface area (Å²) in [6.07, 6.45) is 0.181. The van der Waals surface area contributed by atoms with Crippen LogP contribution in [0.5, 0.6) is 0 Å². The second kappa shape index (κ2) is 9.90. The Morgan fingerprint density at radius 1 is 1.21 bits per heavy atom. The first-order chi connectivity index (χ1) is 13.5. The maximum atomic E-state index is 12.2. The zero-order chi connectivity index (χ0) is 19.9. The van der Waals surface area contributed by atoms with Crippen LogP contribution in [0, 0.1) is 11.3 Å². The van der Waals surface area contributed by atoms with E-state index in [9.17, 15) is 4.79 Å². The summed E-state index contributed by atoms with van der Waals surface area (Å²) in [6, 6.07) is 14.8. The first-order valence-corrected chi connectivity index (χ1v) is 9.82. The number of nitriles is 1. The van der Waals surface area contributed by atoms with Gasteiger partial charge in [-0.25, -0.2) is 0 Å². The van der Waals surface area contributed by atoms with Gasteiger partial charge in [0.05, 0.1) is 40.8 Å². The lowest BCUT2D eigenvalue weighted by atomic mass is 10.1. The molecule has 1 atom stereocenters. The molecule has 2 aromatic carbocycles. The molecule has 1 heterocycles. The molecule has 2 aromatic rings. The van der Waals surface area contributed by atoms with Crippen molar-refractivity contribution >= 4 is 29.1 Å². The topological polar surface area (TPSA) is 65.4 Å². The zero-order valence-corrected chi connectivity index (χ0v) is 16.8. The lowest BCUT2D eigenvalue weighted by Crippen LogP contribution is -2.47. The summed E-state index contributed by atoms with van der Waals surface area (Å²) in [5.74, 6) is -0.0831. The van der Waals surface area contributed by atoms with Crippen LogP contribution in [0.15, 0.2) is 42.5 Å². The van der Waals surface area contributed by atoms with E-state index >= 15 is 0 Å². The molecule has 5 nitrogen and oxygen atoms in total. The average molecular weight is 418 g/mol. The SMILES string of the molecule is N#Cc1cccc(CC(=O)NCC2CN(Cc3ccc(Cl)c(Cl)c3)CCO2)c1. The molecule has 28 heavy (non-hydrogen) atoms. The Morgan fingerprint density at radius 3 is 2.86 bits per heavy atom. The Balaban J connectivity index is 1.47. The largest absolute Gasteiger partial charge is 0.374 e. The van der Waals surface area contributed by atoms with Gasteiger partial charge in [0.1, 0.15) is 0 Å². The second-order valence-electron chi connectivity index (χ2n) is 6.77. The van der Waals surface area contributed by atoms with Crippen molar-refractivity contribution in [2.24, 2.45) is 0 Å². The molecule has 0 saturated carbocycles. The van der Waals surface area contributed by atoms with E-state index in [0.29, 0.717) is 28.8 Å². The number of nitrogens with one attached hydrogen (secondary N) is 1. The number of carbonyl (C=O) groups is 1. The quantitative estimate of drug-likeness (QED) is 0.781. The summed E-state index contributed by atoms with van der Waals surface area (Å²) in [5.41, 5.74) is 2.47. The van der Waals surface area contributed by atoms with Gasteiger partial charge in [0.25, 0.3) is 0 Å². The van der Waals surface area contributed by atoms with Crippen LogP contribution in [0.2, 0.25) is 10.0 Å². The van der Waals surface area contributed by atoms with Gasteiger partial charge in [-0.05, 0) is 35.4 Å². The van der Waals surface area contributed by atoms with Crippen molar-refractivity contribution in [2.45, 2.75) is 19.1 Å². The van der Waals surface area contributed by atoms with Crippen molar-refractivity contribution < 1.29 is 9.53 Å². The van der Waals surface area contributed by atoms with E-state index < -0.39 is 0 Å². The number of carbonyl (C=O) groups excluding carboxylic acids is 1. The molecule has 146 valence electrons. The summed E-state index contributed by atoms with van der Waals surface area (Å²) in [7, 11) is 0. The summed E-state index contributed by atoms with van der Waals surface area (Å²) >= 11 is 12.1. The fraction of sp³-hybridized carbons (Fsp3) is 0.333. The number of rotatable bonds is 6. The van der Waals surface area contributed by atoms with Gasteiger partial charge in [0.15, 0.2) is 0 Å². The van der Waals surface area contributed by atoms with Crippen molar-refractivity contribution in [3.8, 4) is 6.07 Å². The molecule has 1 amide bonds. The van der Waals surface area contributed by atoms with Crippen LogP contribution in [-0.2, 0) is 22.5 Å². The fourth-order valence-electron chi connectivity index (χ4n) is 3.17. The van der Waals surface area contributed by atoms with E-state index in [1.54, 1.807) is 24.3 Å². The van der Waals surface area contributed by atoms with Crippen LogP contribution >= 0.6 is 23.2 Å². The average Bonchev–Trinajstić information content (AvgIpc) is 2.70. The third-order valence-corrected chi connectivity index (χ3v) is 5.30. The Kier molecular flexibility index (Phi) is 7.30. The second-order valence-corrected chi connectivity index (χ2v) is 7.58. The van der Waals surface area contributed by atoms with Crippen LogP contribution in [0.25, 0.3) is 0 Å². The van der Waals surface area contributed by atoms with E-state index in [0.717, 1.165) is 30.8 Å². The first kappa shape index (κ1) is 20.6. The Morgan fingerprint density at radius 2 is 2.07 bits per heavy atom. The molecule has 0 radical (unpaired) electrons. The highest BCUT2D eigenvalue weighted by atomic mass is 35.5. The fourth-order valence-corrected chi connectivity index (χ4v) is 3.49. The molecule has 0 aliphatic carbocycles. The summed E-state index contributed by atoms with van der Waals surface area (Å²) in [6.45, 7) is 3.38. The van der Waals surface area contributed by atoms with Gasteiger partial charge >= 0.3 is 0 Å². The smallest absolute Gasteiger partial charge is 0.224 e. The number of halogens is 2. The molecule has 0 spiro atoms. The molecular weight excluding hydrogens is 397 g/mol. The normalized spacial score (nSPS) is 17.1. The highest BCUT2D eigenvalue weighted by Gasteiger charge is 2.21. The molecule has 3 rings (SSSR count). The molecular formula is C21H21Cl2N3O2. The van der Waals surface area contributed by atoms with Crippen LogP contribution in [0.1, 0.15) is 16.7 Å². The molecule has 1 unspecified atom stereocenters. The highest BCUT2D eigenvalue weighted by Crippen LogP contribution is 2.23. The van der Waals surface area contributed by atoms with Gasteiger partial charge in [-0.3, -0.25) is 9.69 Å². The molecule has 1 aliphatic rings. The monoisotopic (exact) mass is 417 g/mol. The molecule has 1 aliphatic heterocycles. The van der Waals surface area contributed by atoms with Crippen molar-refractivity contribution in [1.82, 2.24) is 10.2 Å². The van der Waals surface area contributed by atoms with E-state index in [1.165, 1.54) is 0 Å². The van der Waals surface area contributed by atoms with Crippen LogP contribution in [0.4, 0.5) is 0 Å². The molecule has 1 fully saturated rings. The van der Waals surface area contributed by atoms with Gasteiger partial charge in [-0.15, -0.1) is 0 Å². The lowest BCUT2D eigenvalue weighted by molar-refractivity contribution is -0.121. The van der Waals surface area contributed by atoms with Gasteiger partial charge < -0.3 is 10.1 Å². The van der Waals surface area contributed by atoms with Gasteiger partial charge in [-0.1, -0.05) is 41.4 Å². The number of hydrogen-bond acceptors (Lipinski definition) is 4. The molecule has 1 N–H and O–H groups in total. The molecule has 0 aromatic heterocycles. The predicted octanol–water partition coefficient (Wildman–Crippen LogP) is 3.42. The summed E-state index contributed by atoms with van der Waals surface area (Å²) < 4.78 is 5.78. The van der Waals surface area contributed by atoms with E-state index in [2.05, 4.69) is 16.3 Å². The summed E-state index contributed by atoms with van der Waals surface area (Å²) in [5, 5.41) is 13.0. The lowest BCUT2D eigenvalue weighted by Gasteiger charge is -2.33. The number of ether oxygens (including phenoxy) is 1. The van der Waals surface area contributed by atoms with Gasteiger partial charge in [0.2, 0.25) is 5.91 Å². The Labute approximate surface area is 174 Å². The van der Waals surface area contributed by atoms with E-state index in [1.807, 2.05) is 18.2 Å².